The average Bonchev–Trinajstić information content (AvgIpc) is 3.06. The highest BCUT2D eigenvalue weighted by atomic mass is 16.5. The molecule has 5 nitrogen and oxygen atoms in total. The number of carbonyl (C=O) groups excluding carboxylic acids is 1. The maximum absolute atomic E-state index is 12.8. The van der Waals surface area contributed by atoms with E-state index in [0.29, 0.717) is 17.5 Å². The van der Waals surface area contributed by atoms with Crippen LogP contribution in [0.1, 0.15) is 42.6 Å². The highest BCUT2D eigenvalue weighted by molar-refractivity contribution is 5.95. The number of aromatic nitrogens is 2. The van der Waals surface area contributed by atoms with Crippen LogP contribution in [0.4, 0.5) is 0 Å². The Labute approximate surface area is 136 Å². The largest absolute Gasteiger partial charge is 0.493 e. The lowest BCUT2D eigenvalue weighted by Crippen LogP contribution is -2.38. The highest BCUT2D eigenvalue weighted by Gasteiger charge is 2.27. The zero-order valence-corrected chi connectivity index (χ0v) is 13.7. The molecular formula is C18H23N3O2. The summed E-state index contributed by atoms with van der Waals surface area (Å²) in [6, 6.07) is 10.0. The van der Waals surface area contributed by atoms with Crippen molar-refractivity contribution < 1.29 is 9.53 Å². The van der Waals surface area contributed by atoms with Crippen LogP contribution in [0, 0.1) is 0 Å². The summed E-state index contributed by atoms with van der Waals surface area (Å²) in [5.74, 6) is 0.449. The van der Waals surface area contributed by atoms with Crippen molar-refractivity contribution >= 4 is 5.91 Å². The van der Waals surface area contributed by atoms with E-state index in [2.05, 4.69) is 5.10 Å². The van der Waals surface area contributed by atoms with Crippen LogP contribution < -0.4 is 4.74 Å². The Balaban J connectivity index is 1.86. The van der Waals surface area contributed by atoms with Crippen LogP contribution in [-0.2, 0) is 0 Å². The summed E-state index contributed by atoms with van der Waals surface area (Å²) in [5, 5.41) is 4.47. The third kappa shape index (κ3) is 3.23. The maximum atomic E-state index is 12.8. The Kier molecular flexibility index (Phi) is 4.65. The summed E-state index contributed by atoms with van der Waals surface area (Å²) in [7, 11) is 3.45. The number of rotatable bonds is 4. The lowest BCUT2D eigenvalue weighted by atomic mass is 9.94. The van der Waals surface area contributed by atoms with Crippen molar-refractivity contribution in [3.05, 3.63) is 42.2 Å². The molecule has 1 aromatic heterocycles. The number of nitrogens with zero attached hydrogens (tertiary/aromatic N) is 3. The van der Waals surface area contributed by atoms with Crippen molar-refractivity contribution in [3.8, 4) is 11.4 Å². The van der Waals surface area contributed by atoms with E-state index in [9.17, 15) is 4.79 Å². The van der Waals surface area contributed by atoms with Gasteiger partial charge in [0.15, 0.2) is 11.4 Å². The van der Waals surface area contributed by atoms with Crippen molar-refractivity contribution in [3.63, 3.8) is 0 Å². The minimum absolute atomic E-state index is 0.0663. The topological polar surface area (TPSA) is 47.4 Å². The summed E-state index contributed by atoms with van der Waals surface area (Å²) in [6.45, 7) is 0. The molecule has 0 radical (unpaired) electrons. The Morgan fingerprint density at radius 1 is 1.22 bits per heavy atom. The van der Waals surface area contributed by atoms with Crippen molar-refractivity contribution in [1.82, 2.24) is 14.7 Å². The third-order valence-electron chi connectivity index (χ3n) is 4.57. The van der Waals surface area contributed by atoms with E-state index in [1.165, 1.54) is 19.3 Å². The molecule has 0 spiro atoms. The van der Waals surface area contributed by atoms with Crippen LogP contribution in [0.15, 0.2) is 36.5 Å². The molecule has 2 aromatic rings. The van der Waals surface area contributed by atoms with Gasteiger partial charge in [-0.1, -0.05) is 37.5 Å². The molecule has 1 fully saturated rings. The van der Waals surface area contributed by atoms with Gasteiger partial charge in [0.05, 0.1) is 19.0 Å². The van der Waals surface area contributed by atoms with E-state index < -0.39 is 0 Å². The van der Waals surface area contributed by atoms with E-state index in [0.717, 1.165) is 18.5 Å². The molecule has 1 saturated carbocycles. The van der Waals surface area contributed by atoms with E-state index in [-0.39, 0.29) is 5.91 Å². The van der Waals surface area contributed by atoms with Gasteiger partial charge in [0.25, 0.3) is 5.91 Å². The molecule has 0 saturated heterocycles. The Hall–Kier alpha value is -2.30. The Morgan fingerprint density at radius 3 is 2.57 bits per heavy atom. The summed E-state index contributed by atoms with van der Waals surface area (Å²) in [6.07, 6.45) is 7.56. The molecule has 0 aliphatic heterocycles. The molecule has 0 N–H and O–H groups in total. The van der Waals surface area contributed by atoms with Gasteiger partial charge in [0.1, 0.15) is 0 Å². The third-order valence-corrected chi connectivity index (χ3v) is 4.57. The van der Waals surface area contributed by atoms with Crippen molar-refractivity contribution in [2.24, 2.45) is 0 Å². The monoisotopic (exact) mass is 313 g/mol. The summed E-state index contributed by atoms with van der Waals surface area (Å²) >= 11 is 0. The van der Waals surface area contributed by atoms with Gasteiger partial charge in [-0.2, -0.15) is 5.10 Å². The fourth-order valence-corrected chi connectivity index (χ4v) is 3.17. The van der Waals surface area contributed by atoms with Gasteiger partial charge < -0.3 is 9.64 Å². The number of para-hydroxylation sites is 1. The fraction of sp³-hybridized carbons (Fsp3) is 0.444. The smallest absolute Gasteiger partial charge is 0.278 e. The second-order valence-electron chi connectivity index (χ2n) is 6.03. The molecule has 1 aliphatic rings. The molecule has 1 heterocycles. The summed E-state index contributed by atoms with van der Waals surface area (Å²) in [5.41, 5.74) is 1.29. The second kappa shape index (κ2) is 6.86. The van der Waals surface area contributed by atoms with Gasteiger partial charge in [-0.3, -0.25) is 4.79 Å². The molecule has 0 bridgehead atoms. The zero-order chi connectivity index (χ0) is 16.2. The number of carbonyl (C=O) groups is 1. The number of hydrogen-bond acceptors (Lipinski definition) is 3. The Bertz CT molecular complexity index is 660. The van der Waals surface area contributed by atoms with Gasteiger partial charge in [-0.25, -0.2) is 4.68 Å². The predicted octanol–water partition coefficient (Wildman–Crippen LogP) is 3.29. The first-order valence-corrected chi connectivity index (χ1v) is 8.17. The van der Waals surface area contributed by atoms with E-state index in [4.69, 9.17) is 4.74 Å². The number of amides is 1. The van der Waals surface area contributed by atoms with E-state index in [1.807, 2.05) is 42.3 Å². The fourth-order valence-electron chi connectivity index (χ4n) is 3.17. The first-order valence-electron chi connectivity index (χ1n) is 8.17. The van der Waals surface area contributed by atoms with Crippen LogP contribution in [0.25, 0.3) is 5.69 Å². The van der Waals surface area contributed by atoms with Gasteiger partial charge in [-0.05, 0) is 25.0 Å². The van der Waals surface area contributed by atoms with Crippen LogP contribution in [0.3, 0.4) is 0 Å². The van der Waals surface area contributed by atoms with E-state index in [1.54, 1.807) is 18.0 Å². The van der Waals surface area contributed by atoms with Crippen molar-refractivity contribution in [2.75, 3.05) is 14.2 Å². The van der Waals surface area contributed by atoms with Gasteiger partial charge in [0.2, 0.25) is 0 Å². The second-order valence-corrected chi connectivity index (χ2v) is 6.03. The van der Waals surface area contributed by atoms with Crippen LogP contribution in [0.5, 0.6) is 5.75 Å². The summed E-state index contributed by atoms with van der Waals surface area (Å²) in [4.78, 5) is 14.7. The number of ether oxygens (including phenoxy) is 1. The van der Waals surface area contributed by atoms with Crippen LogP contribution in [0.2, 0.25) is 0 Å². The molecule has 1 aliphatic carbocycles. The maximum Gasteiger partial charge on any atom is 0.278 e. The zero-order valence-electron chi connectivity index (χ0n) is 13.7. The molecule has 3 rings (SSSR count). The van der Waals surface area contributed by atoms with Gasteiger partial charge in [-0.15, -0.1) is 0 Å². The Morgan fingerprint density at radius 2 is 1.91 bits per heavy atom. The molecule has 1 amide bonds. The van der Waals surface area contributed by atoms with Crippen LogP contribution in [-0.4, -0.2) is 40.8 Å². The minimum Gasteiger partial charge on any atom is -0.493 e. The lowest BCUT2D eigenvalue weighted by Gasteiger charge is -2.30. The lowest BCUT2D eigenvalue weighted by molar-refractivity contribution is 0.0686. The van der Waals surface area contributed by atoms with Crippen molar-refractivity contribution in [2.45, 2.75) is 38.1 Å². The molecule has 5 heteroatoms. The van der Waals surface area contributed by atoms with Crippen molar-refractivity contribution in [1.29, 1.82) is 0 Å². The SMILES string of the molecule is COc1cn(-c2ccccc2)nc1C(=O)N(C)C1CCCCC1. The quantitative estimate of drug-likeness (QED) is 0.870. The molecule has 1 aromatic carbocycles. The number of benzene rings is 1. The van der Waals surface area contributed by atoms with Gasteiger partial charge >= 0.3 is 0 Å². The van der Waals surface area contributed by atoms with E-state index >= 15 is 0 Å². The molecule has 122 valence electrons. The predicted molar refractivity (Wildman–Crippen MR) is 89.1 cm³/mol. The molecule has 0 atom stereocenters. The standard InChI is InChI=1S/C18H23N3O2/c1-20(14-9-5-3-6-10-14)18(22)17-16(23-2)13-21(19-17)15-11-7-4-8-12-15/h4,7-8,11-14H,3,5-6,9-10H2,1-2H3. The van der Waals surface area contributed by atoms with Gasteiger partial charge in [0, 0.05) is 13.1 Å². The normalized spacial score (nSPS) is 15.4. The molecule has 23 heavy (non-hydrogen) atoms. The van der Waals surface area contributed by atoms with Crippen LogP contribution >= 0.6 is 0 Å². The summed E-state index contributed by atoms with van der Waals surface area (Å²) < 4.78 is 7.07. The molecular weight excluding hydrogens is 290 g/mol. The number of methoxy groups -OCH3 is 1. The first-order chi connectivity index (χ1) is 11.2. The average molecular weight is 313 g/mol. The first kappa shape index (κ1) is 15.6. The number of hydrogen-bond donors (Lipinski definition) is 0. The molecule has 0 unspecified atom stereocenters. The highest BCUT2D eigenvalue weighted by Crippen LogP contribution is 2.26. The minimum atomic E-state index is -0.0663.